The number of nitro groups is 1. The van der Waals surface area contributed by atoms with Gasteiger partial charge < -0.3 is 0 Å². The quantitative estimate of drug-likeness (QED) is 0.483. The van der Waals surface area contributed by atoms with Gasteiger partial charge in [-0.3, -0.25) is 10.1 Å². The fourth-order valence-electron chi connectivity index (χ4n) is 2.91. The third kappa shape index (κ3) is 2.90. The summed E-state index contributed by atoms with van der Waals surface area (Å²) in [6.45, 7) is 17.2. The second-order valence-electron chi connectivity index (χ2n) is 7.43. The zero-order valence-electron chi connectivity index (χ0n) is 13.1. The Morgan fingerprint density at radius 3 is 1.47 bits per heavy atom. The summed E-state index contributed by atoms with van der Waals surface area (Å²) >= 11 is 0. The number of hydrogen-bond acceptors (Lipinski definition) is 2. The lowest BCUT2D eigenvalue weighted by Crippen LogP contribution is -2.76. The Morgan fingerprint density at radius 1 is 0.842 bits per heavy atom. The Kier molecular flexibility index (Phi) is 4.29. The molecule has 1 rings (SSSR count). The molecule has 6 heteroatoms. The predicted octanol–water partition coefficient (Wildman–Crippen LogP) is 3.71. The second kappa shape index (κ2) is 4.99. The van der Waals surface area contributed by atoms with E-state index in [0.29, 0.717) is 0 Å². The molecule has 0 aliphatic rings. The summed E-state index contributed by atoms with van der Waals surface area (Å²) in [5.74, 6) is 0. The largest absolute Gasteiger partial charge is 0.269 e. The highest BCUT2D eigenvalue weighted by Gasteiger charge is 2.51. The molecule has 19 heavy (non-hydrogen) atoms. The van der Waals surface area contributed by atoms with Crippen molar-refractivity contribution in [3.8, 4) is 0 Å². The van der Waals surface area contributed by atoms with Crippen molar-refractivity contribution in [1.82, 2.24) is 0 Å². The molecule has 0 aliphatic heterocycles. The summed E-state index contributed by atoms with van der Waals surface area (Å²) in [6.07, 6.45) is 0. The molecule has 0 N–H and O–H groups in total. The van der Waals surface area contributed by atoms with Crippen LogP contribution in [0.4, 0.5) is 5.69 Å². The molecule has 1 aromatic rings. The van der Waals surface area contributed by atoms with Crippen LogP contribution in [-0.4, -0.2) is 27.2 Å². The molecule has 0 saturated heterocycles. The van der Waals surface area contributed by atoms with Gasteiger partial charge in [0, 0.05) is 27.3 Å². The summed E-state index contributed by atoms with van der Waals surface area (Å²) in [4.78, 5) is 10.5. The summed E-state index contributed by atoms with van der Waals surface area (Å²) in [7, 11) is -4.13. The maximum atomic E-state index is 10.8. The number of hydrogen-bond donors (Lipinski definition) is 0. The van der Waals surface area contributed by atoms with Crippen molar-refractivity contribution in [3.63, 3.8) is 0 Å². The van der Waals surface area contributed by atoms with Crippen LogP contribution in [-0.2, 0) is 0 Å². The fraction of sp³-hybridized carbons (Fsp3) is 0.538. The number of nitrogens with zero attached hydrogens (tertiary/aromatic N) is 1. The van der Waals surface area contributed by atoms with Crippen molar-refractivity contribution in [3.05, 3.63) is 34.4 Å². The lowest BCUT2D eigenvalue weighted by molar-refractivity contribution is -0.384. The van der Waals surface area contributed by atoms with E-state index in [0.717, 1.165) is 0 Å². The molecule has 0 bridgehead atoms. The Balaban J connectivity index is 3.40. The lowest BCUT2D eigenvalue weighted by atomic mass is 10.3. The number of non-ortho nitro benzene ring substituents is 1. The van der Waals surface area contributed by atoms with Crippen molar-refractivity contribution in [2.45, 2.75) is 45.8 Å². The first-order valence-corrected chi connectivity index (χ1v) is 18.2. The zero-order chi connectivity index (χ0) is 15.1. The van der Waals surface area contributed by atoms with Crippen molar-refractivity contribution in [2.75, 3.05) is 0 Å². The SMILES string of the molecule is C[Si](C)(C)[Si](C)(c1ccc([N+](=O)[O-])cc1)[Si](C)(C)C. The Hall–Kier alpha value is -0.729. The van der Waals surface area contributed by atoms with Gasteiger partial charge in [0.05, 0.1) is 12.0 Å². The third-order valence-corrected chi connectivity index (χ3v) is 45.4. The molecule has 0 fully saturated rings. The highest BCUT2D eigenvalue weighted by atomic mass is 29.6. The van der Waals surface area contributed by atoms with Gasteiger partial charge in [-0.2, -0.15) is 0 Å². The Morgan fingerprint density at radius 2 is 1.21 bits per heavy atom. The van der Waals surface area contributed by atoms with Gasteiger partial charge in [0.1, 0.15) is 0 Å². The lowest BCUT2D eigenvalue weighted by Gasteiger charge is -2.48. The maximum Gasteiger partial charge on any atom is 0.269 e. The van der Waals surface area contributed by atoms with Crippen molar-refractivity contribution in [1.29, 1.82) is 0 Å². The average molecular weight is 312 g/mol. The molecule has 1 aromatic carbocycles. The first-order valence-electron chi connectivity index (χ1n) is 6.66. The van der Waals surface area contributed by atoms with E-state index in [1.54, 1.807) is 12.1 Å². The van der Waals surface area contributed by atoms with Crippen LogP contribution < -0.4 is 5.19 Å². The molecule has 106 valence electrons. The highest BCUT2D eigenvalue weighted by molar-refractivity contribution is 7.72. The minimum Gasteiger partial charge on any atom is -0.258 e. The molecule has 0 saturated carbocycles. The monoisotopic (exact) mass is 311 g/mol. The second-order valence-corrected chi connectivity index (χ2v) is 35.8. The summed E-state index contributed by atoms with van der Waals surface area (Å²) < 4.78 is 0. The van der Waals surface area contributed by atoms with E-state index in [1.165, 1.54) is 5.19 Å². The van der Waals surface area contributed by atoms with Crippen LogP contribution in [0.1, 0.15) is 0 Å². The van der Waals surface area contributed by atoms with Crippen LogP contribution >= 0.6 is 0 Å². The zero-order valence-corrected chi connectivity index (χ0v) is 16.1. The minimum absolute atomic E-state index is 0.200. The van der Waals surface area contributed by atoms with Crippen LogP contribution in [0.2, 0.25) is 45.8 Å². The Labute approximate surface area is 118 Å². The van der Waals surface area contributed by atoms with E-state index in [2.05, 4.69) is 45.8 Å². The molecule has 3 nitrogen and oxygen atoms in total. The topological polar surface area (TPSA) is 43.1 Å². The smallest absolute Gasteiger partial charge is 0.258 e. The third-order valence-electron chi connectivity index (χ3n) is 4.66. The molecule has 0 heterocycles. The van der Waals surface area contributed by atoms with E-state index in [4.69, 9.17) is 0 Å². The van der Waals surface area contributed by atoms with Crippen LogP contribution in [0.5, 0.6) is 0 Å². The first kappa shape index (κ1) is 16.3. The number of rotatable bonds is 4. The maximum absolute atomic E-state index is 10.8. The average Bonchev–Trinajstić information content (AvgIpc) is 2.25. The van der Waals surface area contributed by atoms with Gasteiger partial charge >= 0.3 is 0 Å². The van der Waals surface area contributed by atoms with E-state index < -0.39 is 22.3 Å². The van der Waals surface area contributed by atoms with Crippen molar-refractivity contribution in [2.24, 2.45) is 0 Å². The van der Waals surface area contributed by atoms with E-state index in [-0.39, 0.29) is 10.6 Å². The van der Waals surface area contributed by atoms with Crippen molar-refractivity contribution < 1.29 is 4.92 Å². The molecular formula is C13H25NO2Si3. The molecule has 0 atom stereocenters. The first-order chi connectivity index (χ1) is 8.41. The van der Waals surface area contributed by atoms with Gasteiger partial charge in [0.25, 0.3) is 5.69 Å². The Bertz CT molecular complexity index is 458. The standard InChI is InChI=1S/C13H25NO2Si3/c1-17(2,3)19(7,18(4,5)6)13-10-8-12(9-11-13)14(15)16/h8-11H,1-7H3. The van der Waals surface area contributed by atoms with Crippen LogP contribution in [0.15, 0.2) is 24.3 Å². The highest BCUT2D eigenvalue weighted by Crippen LogP contribution is 2.29. The van der Waals surface area contributed by atoms with Crippen LogP contribution in [0.3, 0.4) is 0 Å². The number of benzene rings is 1. The van der Waals surface area contributed by atoms with Gasteiger partial charge in [-0.05, 0) is 0 Å². The molecule has 0 aromatic heterocycles. The van der Waals surface area contributed by atoms with Gasteiger partial charge in [-0.1, -0.05) is 63.1 Å². The van der Waals surface area contributed by atoms with Crippen molar-refractivity contribution >= 4 is 33.2 Å². The van der Waals surface area contributed by atoms with Gasteiger partial charge in [0.2, 0.25) is 0 Å². The molecule has 0 aliphatic carbocycles. The molecule has 0 spiro atoms. The van der Waals surface area contributed by atoms with Crippen LogP contribution in [0, 0.1) is 10.1 Å². The normalized spacial score (nSPS) is 13.4. The summed E-state index contributed by atoms with van der Waals surface area (Å²) in [5.41, 5.74) is 0.200. The molecule has 0 radical (unpaired) electrons. The van der Waals surface area contributed by atoms with Gasteiger partial charge in [-0.15, -0.1) is 0 Å². The fourth-order valence-corrected chi connectivity index (χ4v) is 40.9. The summed E-state index contributed by atoms with van der Waals surface area (Å²) in [6, 6.07) is 7.42. The predicted molar refractivity (Wildman–Crippen MR) is 91.0 cm³/mol. The summed E-state index contributed by atoms with van der Waals surface area (Å²) in [5, 5.41) is 12.2. The van der Waals surface area contributed by atoms with E-state index >= 15 is 0 Å². The molecular weight excluding hydrogens is 286 g/mol. The van der Waals surface area contributed by atoms with E-state index in [9.17, 15) is 10.1 Å². The number of nitro benzene ring substituents is 1. The van der Waals surface area contributed by atoms with Crippen LogP contribution in [0.25, 0.3) is 0 Å². The van der Waals surface area contributed by atoms with Gasteiger partial charge in [-0.25, -0.2) is 0 Å². The minimum atomic E-state index is -1.53. The molecule has 0 unspecified atom stereocenters. The molecule has 0 amide bonds. The van der Waals surface area contributed by atoms with E-state index in [1.807, 2.05) is 12.1 Å². The van der Waals surface area contributed by atoms with Gasteiger partial charge in [0.15, 0.2) is 0 Å².